The van der Waals surface area contributed by atoms with E-state index in [0.29, 0.717) is 5.57 Å². The maximum absolute atomic E-state index is 11.2. The van der Waals surface area contributed by atoms with Gasteiger partial charge in [-0.15, -0.1) is 0 Å². The molecule has 102 valence electrons. The second-order valence-corrected chi connectivity index (χ2v) is 4.87. The zero-order valence-corrected chi connectivity index (χ0v) is 11.7. The highest BCUT2D eigenvalue weighted by molar-refractivity contribution is 5.87. The van der Waals surface area contributed by atoms with Gasteiger partial charge in [0.1, 0.15) is 0 Å². The highest BCUT2D eigenvalue weighted by Gasteiger charge is 2.19. The number of benzene rings is 2. The molecule has 2 nitrogen and oxygen atoms in total. The summed E-state index contributed by atoms with van der Waals surface area (Å²) in [5, 5.41) is 9.24. The van der Waals surface area contributed by atoms with Crippen LogP contribution in [-0.4, -0.2) is 11.1 Å². The fraction of sp³-hybridized carbons (Fsp3) is 0.167. The van der Waals surface area contributed by atoms with Crippen LogP contribution in [0.1, 0.15) is 30.9 Å². The predicted molar refractivity (Wildman–Crippen MR) is 80.7 cm³/mol. The zero-order valence-electron chi connectivity index (χ0n) is 11.7. The van der Waals surface area contributed by atoms with Gasteiger partial charge in [-0.3, -0.25) is 0 Å². The molecule has 0 aromatic heterocycles. The number of carboxylic acids is 1. The third-order valence-corrected chi connectivity index (χ3v) is 3.61. The van der Waals surface area contributed by atoms with Crippen LogP contribution < -0.4 is 0 Å². The smallest absolute Gasteiger partial charge is 0.331 e. The van der Waals surface area contributed by atoms with E-state index in [2.05, 4.69) is 0 Å². The summed E-state index contributed by atoms with van der Waals surface area (Å²) in [6, 6.07) is 20.0. The molecule has 0 atom stereocenters. The van der Waals surface area contributed by atoms with Crippen molar-refractivity contribution in [3.8, 4) is 0 Å². The number of aliphatic carboxylic acids is 1. The zero-order chi connectivity index (χ0) is 14.5. The summed E-state index contributed by atoms with van der Waals surface area (Å²) in [7, 11) is 0. The Kier molecular flexibility index (Phi) is 4.36. The molecule has 0 heterocycles. The standard InChI is InChI=1S/C18H18O2/c1-13(14(2)18(19)20)17(15-9-5-3-6-10-15)16-11-7-4-8-12-16/h3-12,17H,1-2H3,(H,19,20). The molecule has 20 heavy (non-hydrogen) atoms. The van der Waals surface area contributed by atoms with Crippen molar-refractivity contribution in [1.29, 1.82) is 0 Å². The summed E-state index contributed by atoms with van der Waals surface area (Å²) < 4.78 is 0. The molecule has 0 amide bonds. The van der Waals surface area contributed by atoms with Crippen LogP contribution in [0.25, 0.3) is 0 Å². The molecule has 0 unspecified atom stereocenters. The van der Waals surface area contributed by atoms with Gasteiger partial charge < -0.3 is 5.11 Å². The number of hydrogen-bond donors (Lipinski definition) is 1. The average Bonchev–Trinajstić information content (AvgIpc) is 2.48. The van der Waals surface area contributed by atoms with Gasteiger partial charge in [-0.05, 0) is 25.0 Å². The van der Waals surface area contributed by atoms with Gasteiger partial charge in [0.05, 0.1) is 0 Å². The Labute approximate surface area is 119 Å². The van der Waals surface area contributed by atoms with Crippen molar-refractivity contribution in [3.63, 3.8) is 0 Å². The topological polar surface area (TPSA) is 37.3 Å². The van der Waals surface area contributed by atoms with Crippen LogP contribution in [0.3, 0.4) is 0 Å². The molecule has 0 spiro atoms. The fourth-order valence-electron chi connectivity index (χ4n) is 2.37. The van der Waals surface area contributed by atoms with Gasteiger partial charge in [-0.2, -0.15) is 0 Å². The predicted octanol–water partition coefficient (Wildman–Crippen LogP) is 4.24. The van der Waals surface area contributed by atoms with Crippen molar-refractivity contribution in [2.75, 3.05) is 0 Å². The van der Waals surface area contributed by atoms with Crippen molar-refractivity contribution in [2.24, 2.45) is 0 Å². The first kappa shape index (κ1) is 14.1. The van der Waals surface area contributed by atoms with Gasteiger partial charge in [-0.1, -0.05) is 66.2 Å². The minimum Gasteiger partial charge on any atom is -0.478 e. The van der Waals surface area contributed by atoms with Crippen LogP contribution in [-0.2, 0) is 4.79 Å². The second-order valence-electron chi connectivity index (χ2n) is 4.87. The fourth-order valence-corrected chi connectivity index (χ4v) is 2.37. The average molecular weight is 266 g/mol. The van der Waals surface area contributed by atoms with E-state index in [-0.39, 0.29) is 5.92 Å². The van der Waals surface area contributed by atoms with E-state index in [1.165, 1.54) is 0 Å². The van der Waals surface area contributed by atoms with Crippen LogP contribution >= 0.6 is 0 Å². The lowest BCUT2D eigenvalue weighted by molar-refractivity contribution is -0.132. The number of hydrogen-bond acceptors (Lipinski definition) is 1. The maximum Gasteiger partial charge on any atom is 0.331 e. The number of carboxylic acid groups (broad SMARTS) is 1. The Morgan fingerprint density at radius 3 is 1.60 bits per heavy atom. The molecule has 0 aliphatic rings. The first-order valence-corrected chi connectivity index (χ1v) is 6.62. The summed E-state index contributed by atoms with van der Waals surface area (Å²) >= 11 is 0. The lowest BCUT2D eigenvalue weighted by atomic mass is 9.83. The largest absolute Gasteiger partial charge is 0.478 e. The van der Waals surface area contributed by atoms with E-state index in [9.17, 15) is 9.90 Å². The van der Waals surface area contributed by atoms with Crippen molar-refractivity contribution >= 4 is 5.97 Å². The van der Waals surface area contributed by atoms with Crippen LogP contribution in [0, 0.1) is 0 Å². The minimum atomic E-state index is -0.862. The lowest BCUT2D eigenvalue weighted by Gasteiger charge is -2.20. The summed E-state index contributed by atoms with van der Waals surface area (Å²) in [5.74, 6) is -0.882. The molecule has 0 bridgehead atoms. The minimum absolute atomic E-state index is 0.0199. The molecule has 2 aromatic rings. The highest BCUT2D eigenvalue weighted by atomic mass is 16.4. The quantitative estimate of drug-likeness (QED) is 0.840. The van der Waals surface area contributed by atoms with E-state index in [0.717, 1.165) is 16.7 Å². The molecule has 0 fully saturated rings. The van der Waals surface area contributed by atoms with Crippen LogP contribution in [0.2, 0.25) is 0 Å². The van der Waals surface area contributed by atoms with E-state index in [1.54, 1.807) is 6.92 Å². The third-order valence-electron chi connectivity index (χ3n) is 3.61. The van der Waals surface area contributed by atoms with Gasteiger partial charge in [-0.25, -0.2) is 4.79 Å². The molecule has 2 aromatic carbocycles. The lowest BCUT2D eigenvalue weighted by Crippen LogP contribution is -2.08. The molecular weight excluding hydrogens is 248 g/mol. The van der Waals surface area contributed by atoms with Gasteiger partial charge in [0, 0.05) is 11.5 Å². The van der Waals surface area contributed by atoms with Crippen LogP contribution in [0.15, 0.2) is 71.8 Å². The molecule has 2 heteroatoms. The molecule has 0 radical (unpaired) electrons. The first-order valence-electron chi connectivity index (χ1n) is 6.62. The Morgan fingerprint density at radius 2 is 1.25 bits per heavy atom. The first-order chi connectivity index (χ1) is 9.61. The Bertz CT molecular complexity index is 573. The van der Waals surface area contributed by atoms with E-state index >= 15 is 0 Å². The SMILES string of the molecule is CC(C(=O)O)=C(C)C(c1ccccc1)c1ccccc1. The van der Waals surface area contributed by atoms with E-state index in [4.69, 9.17) is 0 Å². The number of rotatable bonds is 4. The Balaban J connectivity index is 2.57. The molecular formula is C18H18O2. The van der Waals surface area contributed by atoms with Crippen molar-refractivity contribution < 1.29 is 9.90 Å². The molecule has 0 aliphatic heterocycles. The summed E-state index contributed by atoms with van der Waals surface area (Å²) in [6.45, 7) is 3.56. The summed E-state index contributed by atoms with van der Waals surface area (Å²) in [4.78, 5) is 11.2. The van der Waals surface area contributed by atoms with Gasteiger partial charge in [0.2, 0.25) is 0 Å². The molecule has 1 N–H and O–H groups in total. The molecule has 0 saturated carbocycles. The highest BCUT2D eigenvalue weighted by Crippen LogP contribution is 2.33. The van der Waals surface area contributed by atoms with Gasteiger partial charge >= 0.3 is 5.97 Å². The Hall–Kier alpha value is -2.35. The molecule has 0 saturated heterocycles. The third kappa shape index (κ3) is 2.97. The second kappa shape index (κ2) is 6.20. The van der Waals surface area contributed by atoms with Crippen molar-refractivity contribution in [3.05, 3.63) is 82.9 Å². The van der Waals surface area contributed by atoms with Crippen molar-refractivity contribution in [1.82, 2.24) is 0 Å². The van der Waals surface area contributed by atoms with Crippen LogP contribution in [0.5, 0.6) is 0 Å². The van der Waals surface area contributed by atoms with Gasteiger partial charge in [0.15, 0.2) is 0 Å². The van der Waals surface area contributed by atoms with E-state index < -0.39 is 5.97 Å². The molecule has 2 rings (SSSR count). The molecule has 0 aliphatic carbocycles. The number of carbonyl (C=O) groups is 1. The summed E-state index contributed by atoms with van der Waals surface area (Å²) in [6.07, 6.45) is 0. The summed E-state index contributed by atoms with van der Waals surface area (Å²) in [5.41, 5.74) is 3.49. The van der Waals surface area contributed by atoms with Crippen LogP contribution in [0.4, 0.5) is 0 Å². The van der Waals surface area contributed by atoms with Crippen molar-refractivity contribution in [2.45, 2.75) is 19.8 Å². The Morgan fingerprint density at radius 1 is 0.850 bits per heavy atom. The van der Waals surface area contributed by atoms with E-state index in [1.807, 2.05) is 67.6 Å². The van der Waals surface area contributed by atoms with Gasteiger partial charge in [0.25, 0.3) is 0 Å². The normalized spacial score (nSPS) is 12.2. The number of allylic oxidation sites excluding steroid dienone is 1. The monoisotopic (exact) mass is 266 g/mol. The maximum atomic E-state index is 11.2.